The SMILES string of the molecule is Cc1cc(N(CCC#N)C(=O)CSc2nnc(NCC(C)C)s2)ccc1Cl. The van der Waals surface area contributed by atoms with E-state index in [-0.39, 0.29) is 18.1 Å². The van der Waals surface area contributed by atoms with Crippen LogP contribution in [0.15, 0.2) is 22.5 Å². The first kappa shape index (κ1) is 21.5. The second-order valence-electron chi connectivity index (χ2n) is 6.32. The Morgan fingerprint density at radius 1 is 1.44 bits per heavy atom. The highest BCUT2D eigenvalue weighted by atomic mass is 35.5. The van der Waals surface area contributed by atoms with Gasteiger partial charge in [-0.25, -0.2) is 0 Å². The number of carbonyl (C=O) groups is 1. The van der Waals surface area contributed by atoms with Gasteiger partial charge in [0.1, 0.15) is 0 Å². The van der Waals surface area contributed by atoms with E-state index in [2.05, 4.69) is 35.4 Å². The minimum atomic E-state index is -0.0798. The number of nitriles is 1. The summed E-state index contributed by atoms with van der Waals surface area (Å²) in [4.78, 5) is 14.4. The molecule has 0 unspecified atom stereocenters. The number of anilines is 2. The molecule has 1 heterocycles. The van der Waals surface area contributed by atoms with Crippen molar-refractivity contribution in [1.82, 2.24) is 10.2 Å². The summed E-state index contributed by atoms with van der Waals surface area (Å²) in [5.41, 5.74) is 1.64. The van der Waals surface area contributed by atoms with Crippen molar-refractivity contribution in [2.45, 2.75) is 31.5 Å². The molecule has 1 aromatic heterocycles. The molecule has 144 valence electrons. The summed E-state index contributed by atoms with van der Waals surface area (Å²) in [6, 6.07) is 7.52. The topological polar surface area (TPSA) is 81.9 Å². The van der Waals surface area contributed by atoms with E-state index >= 15 is 0 Å². The summed E-state index contributed by atoms with van der Waals surface area (Å²) in [6.45, 7) is 7.30. The molecule has 0 spiro atoms. The van der Waals surface area contributed by atoms with Crippen LogP contribution >= 0.6 is 34.7 Å². The normalized spacial score (nSPS) is 10.7. The fourth-order valence-corrected chi connectivity index (χ4v) is 3.94. The Morgan fingerprint density at radius 2 is 2.22 bits per heavy atom. The third kappa shape index (κ3) is 6.69. The van der Waals surface area contributed by atoms with E-state index in [4.69, 9.17) is 16.9 Å². The van der Waals surface area contributed by atoms with Crippen molar-refractivity contribution in [3.8, 4) is 6.07 Å². The Balaban J connectivity index is 2.01. The summed E-state index contributed by atoms with van der Waals surface area (Å²) in [5, 5.41) is 21.7. The number of rotatable bonds is 9. The average Bonchev–Trinajstić information content (AvgIpc) is 3.09. The number of nitrogens with zero attached hydrogens (tertiary/aromatic N) is 4. The van der Waals surface area contributed by atoms with Gasteiger partial charge in [-0.05, 0) is 36.6 Å². The molecule has 0 saturated heterocycles. The van der Waals surface area contributed by atoms with Gasteiger partial charge >= 0.3 is 0 Å². The Hall–Kier alpha value is -1.82. The number of aromatic nitrogens is 2. The highest BCUT2D eigenvalue weighted by Crippen LogP contribution is 2.27. The van der Waals surface area contributed by atoms with Gasteiger partial charge in [-0.3, -0.25) is 4.79 Å². The van der Waals surface area contributed by atoms with Crippen molar-refractivity contribution in [2.75, 3.05) is 29.1 Å². The molecule has 2 rings (SSSR count). The van der Waals surface area contributed by atoms with Crippen molar-refractivity contribution in [3.05, 3.63) is 28.8 Å². The zero-order chi connectivity index (χ0) is 19.8. The van der Waals surface area contributed by atoms with Gasteiger partial charge < -0.3 is 10.2 Å². The molecule has 1 amide bonds. The van der Waals surface area contributed by atoms with Gasteiger partial charge in [0.05, 0.1) is 18.2 Å². The Labute approximate surface area is 172 Å². The lowest BCUT2D eigenvalue weighted by molar-refractivity contribution is -0.116. The Bertz CT molecular complexity index is 818. The highest BCUT2D eigenvalue weighted by molar-refractivity contribution is 8.01. The molecular formula is C18H22ClN5OS2. The third-order valence-electron chi connectivity index (χ3n) is 3.59. The number of amides is 1. The molecule has 27 heavy (non-hydrogen) atoms. The van der Waals surface area contributed by atoms with Crippen LogP contribution in [0.25, 0.3) is 0 Å². The van der Waals surface area contributed by atoms with Crippen LogP contribution < -0.4 is 10.2 Å². The number of hydrogen-bond donors (Lipinski definition) is 1. The van der Waals surface area contributed by atoms with Crippen LogP contribution in [0.5, 0.6) is 0 Å². The van der Waals surface area contributed by atoms with Gasteiger partial charge in [-0.1, -0.05) is 48.5 Å². The van der Waals surface area contributed by atoms with E-state index < -0.39 is 0 Å². The largest absolute Gasteiger partial charge is 0.360 e. The molecule has 0 atom stereocenters. The molecule has 0 fully saturated rings. The first-order chi connectivity index (χ1) is 12.9. The van der Waals surface area contributed by atoms with Crippen molar-refractivity contribution < 1.29 is 4.79 Å². The summed E-state index contributed by atoms with van der Waals surface area (Å²) in [5.74, 6) is 0.665. The van der Waals surface area contributed by atoms with E-state index in [1.165, 1.54) is 23.1 Å². The number of aryl methyl sites for hydroxylation is 1. The van der Waals surface area contributed by atoms with E-state index in [9.17, 15) is 4.79 Å². The average molecular weight is 424 g/mol. The smallest absolute Gasteiger partial charge is 0.237 e. The van der Waals surface area contributed by atoms with Gasteiger partial charge in [0.2, 0.25) is 11.0 Å². The van der Waals surface area contributed by atoms with Crippen molar-refractivity contribution in [2.24, 2.45) is 5.92 Å². The molecule has 0 radical (unpaired) electrons. The molecule has 0 aliphatic heterocycles. The molecular weight excluding hydrogens is 402 g/mol. The van der Waals surface area contributed by atoms with E-state index in [0.717, 1.165) is 27.3 Å². The molecule has 6 nitrogen and oxygen atoms in total. The monoisotopic (exact) mass is 423 g/mol. The van der Waals surface area contributed by atoms with E-state index in [1.807, 2.05) is 13.0 Å². The summed E-state index contributed by atoms with van der Waals surface area (Å²) in [6.07, 6.45) is 0.264. The lowest BCUT2D eigenvalue weighted by Crippen LogP contribution is -2.33. The number of thioether (sulfide) groups is 1. The van der Waals surface area contributed by atoms with Crippen molar-refractivity contribution in [1.29, 1.82) is 5.26 Å². The standard InChI is InChI=1S/C18H22ClN5OS2/c1-12(2)10-21-17-22-23-18(27-17)26-11-16(25)24(8-4-7-20)14-5-6-15(19)13(3)9-14/h5-6,9,12H,4,8,10-11H2,1-3H3,(H,21,22). The van der Waals surface area contributed by atoms with Crippen LogP contribution in [0, 0.1) is 24.2 Å². The lowest BCUT2D eigenvalue weighted by atomic mass is 10.2. The van der Waals surface area contributed by atoms with E-state index in [0.29, 0.717) is 17.5 Å². The molecule has 0 saturated carbocycles. The lowest BCUT2D eigenvalue weighted by Gasteiger charge is -2.22. The minimum Gasteiger partial charge on any atom is -0.360 e. The first-order valence-electron chi connectivity index (χ1n) is 8.54. The summed E-state index contributed by atoms with van der Waals surface area (Å²) < 4.78 is 0.738. The molecule has 2 aromatic rings. The first-order valence-corrected chi connectivity index (χ1v) is 10.7. The van der Waals surface area contributed by atoms with Gasteiger partial charge in [0.25, 0.3) is 0 Å². The Kier molecular flexibility index (Phi) is 8.35. The molecule has 1 N–H and O–H groups in total. The van der Waals surface area contributed by atoms with Crippen LogP contribution in [0.3, 0.4) is 0 Å². The van der Waals surface area contributed by atoms with Gasteiger partial charge in [-0.15, -0.1) is 10.2 Å². The second kappa shape index (κ2) is 10.5. The minimum absolute atomic E-state index is 0.0798. The maximum absolute atomic E-state index is 12.7. The fraction of sp³-hybridized carbons (Fsp3) is 0.444. The predicted molar refractivity (Wildman–Crippen MR) is 113 cm³/mol. The maximum Gasteiger partial charge on any atom is 0.237 e. The number of carbonyl (C=O) groups excluding carboxylic acids is 1. The zero-order valence-electron chi connectivity index (χ0n) is 15.5. The quantitative estimate of drug-likeness (QED) is 0.593. The van der Waals surface area contributed by atoms with E-state index in [1.54, 1.807) is 17.0 Å². The van der Waals surface area contributed by atoms with Gasteiger partial charge in [-0.2, -0.15) is 5.26 Å². The maximum atomic E-state index is 12.7. The van der Waals surface area contributed by atoms with Gasteiger partial charge in [0, 0.05) is 23.8 Å². The molecule has 0 aliphatic carbocycles. The summed E-state index contributed by atoms with van der Waals surface area (Å²) in [7, 11) is 0. The predicted octanol–water partition coefficient (Wildman–Crippen LogP) is 4.61. The number of halogens is 1. The van der Waals surface area contributed by atoms with Gasteiger partial charge in [0.15, 0.2) is 4.34 Å². The molecule has 1 aromatic carbocycles. The van der Waals surface area contributed by atoms with Crippen LogP contribution in [-0.2, 0) is 4.79 Å². The van der Waals surface area contributed by atoms with Crippen LogP contribution in [-0.4, -0.2) is 34.9 Å². The molecule has 9 heteroatoms. The number of benzene rings is 1. The molecule has 0 aliphatic rings. The second-order valence-corrected chi connectivity index (χ2v) is 8.93. The van der Waals surface area contributed by atoms with Crippen molar-refractivity contribution in [3.63, 3.8) is 0 Å². The number of hydrogen-bond acceptors (Lipinski definition) is 7. The summed E-state index contributed by atoms with van der Waals surface area (Å²) >= 11 is 8.87. The third-order valence-corrected chi connectivity index (χ3v) is 6.01. The van der Waals surface area contributed by atoms with Crippen LogP contribution in [0.2, 0.25) is 5.02 Å². The number of nitrogens with one attached hydrogen (secondary N) is 1. The fourth-order valence-electron chi connectivity index (χ4n) is 2.19. The van der Waals surface area contributed by atoms with Crippen LogP contribution in [0.1, 0.15) is 25.8 Å². The van der Waals surface area contributed by atoms with Crippen LogP contribution in [0.4, 0.5) is 10.8 Å². The Morgan fingerprint density at radius 3 is 2.89 bits per heavy atom. The van der Waals surface area contributed by atoms with Crippen molar-refractivity contribution >= 4 is 51.4 Å². The zero-order valence-corrected chi connectivity index (χ0v) is 17.9. The molecule has 0 bridgehead atoms. The highest BCUT2D eigenvalue weighted by Gasteiger charge is 2.18.